The fourth-order valence-electron chi connectivity index (χ4n) is 2.26. The smallest absolute Gasteiger partial charge is 0.329 e. The van der Waals surface area contributed by atoms with Gasteiger partial charge in [0.25, 0.3) is 5.56 Å². The molecule has 0 atom stereocenters. The first-order chi connectivity index (χ1) is 9.55. The zero-order valence-corrected chi connectivity index (χ0v) is 13.1. The number of carbonyl (C=O) groups is 1. The highest BCUT2D eigenvalue weighted by Crippen LogP contribution is 2.25. The Labute approximate surface area is 124 Å². The third-order valence-electron chi connectivity index (χ3n) is 3.90. The molecule has 2 rings (SSSR count). The predicted molar refractivity (Wildman–Crippen MR) is 83.9 cm³/mol. The van der Waals surface area contributed by atoms with Gasteiger partial charge in [0, 0.05) is 11.6 Å². The van der Waals surface area contributed by atoms with Crippen LogP contribution < -0.4 is 5.56 Å². The van der Waals surface area contributed by atoms with Gasteiger partial charge < -0.3 is 5.11 Å². The lowest BCUT2D eigenvalue weighted by Crippen LogP contribution is -2.42. The molecule has 4 nitrogen and oxygen atoms in total. The van der Waals surface area contributed by atoms with Crippen molar-refractivity contribution in [1.82, 2.24) is 4.57 Å². The van der Waals surface area contributed by atoms with E-state index in [4.69, 9.17) is 0 Å². The lowest BCUT2D eigenvalue weighted by Gasteiger charge is -2.23. The van der Waals surface area contributed by atoms with Gasteiger partial charge in [-0.3, -0.25) is 9.36 Å². The van der Waals surface area contributed by atoms with E-state index in [0.29, 0.717) is 5.39 Å². The van der Waals surface area contributed by atoms with Crippen LogP contribution in [-0.2, 0) is 15.7 Å². The van der Waals surface area contributed by atoms with Crippen molar-refractivity contribution in [2.75, 3.05) is 0 Å². The molecule has 0 saturated carbocycles. The third kappa shape index (κ3) is 2.58. The summed E-state index contributed by atoms with van der Waals surface area (Å²) in [5, 5.41) is 10.7. The van der Waals surface area contributed by atoms with Crippen LogP contribution in [0.4, 0.5) is 0 Å². The molecule has 0 aliphatic heterocycles. The number of aliphatic carboxylic acids is 1. The summed E-state index contributed by atoms with van der Waals surface area (Å²) >= 11 is 0. The molecule has 0 unspecified atom stereocenters. The summed E-state index contributed by atoms with van der Waals surface area (Å²) in [7, 11) is 0. The molecule has 0 saturated heterocycles. The number of nitrogens with zero attached hydrogens (tertiary/aromatic N) is 1. The fraction of sp³-hybridized carbons (Fsp3) is 0.412. The summed E-state index contributed by atoms with van der Waals surface area (Å²) in [6.45, 7) is 9.38. The van der Waals surface area contributed by atoms with Crippen LogP contribution in [0.3, 0.4) is 0 Å². The first kappa shape index (κ1) is 15.3. The minimum absolute atomic E-state index is 0.00336. The first-order valence-corrected chi connectivity index (χ1v) is 6.95. The van der Waals surface area contributed by atoms with E-state index in [1.807, 2.05) is 12.1 Å². The Balaban J connectivity index is 2.71. The van der Waals surface area contributed by atoms with Crippen LogP contribution in [-0.4, -0.2) is 15.6 Å². The summed E-state index contributed by atoms with van der Waals surface area (Å²) < 4.78 is 1.27. The second-order valence-corrected chi connectivity index (χ2v) is 6.91. The quantitative estimate of drug-likeness (QED) is 0.923. The monoisotopic (exact) mass is 287 g/mol. The third-order valence-corrected chi connectivity index (χ3v) is 3.90. The zero-order chi connectivity index (χ0) is 16.0. The maximum atomic E-state index is 12.5. The average molecular weight is 287 g/mol. The summed E-state index contributed by atoms with van der Waals surface area (Å²) in [5.41, 5.74) is -0.401. The van der Waals surface area contributed by atoms with Crippen LogP contribution >= 0.6 is 0 Å². The van der Waals surface area contributed by atoms with Gasteiger partial charge in [-0.25, -0.2) is 4.79 Å². The van der Waals surface area contributed by atoms with Crippen molar-refractivity contribution < 1.29 is 9.90 Å². The van der Waals surface area contributed by atoms with E-state index < -0.39 is 11.5 Å². The van der Waals surface area contributed by atoms with Gasteiger partial charge >= 0.3 is 5.97 Å². The highest BCUT2D eigenvalue weighted by Gasteiger charge is 2.30. The highest BCUT2D eigenvalue weighted by atomic mass is 16.4. The van der Waals surface area contributed by atoms with Crippen LogP contribution in [0.2, 0.25) is 0 Å². The Morgan fingerprint density at radius 1 is 1.10 bits per heavy atom. The summed E-state index contributed by atoms with van der Waals surface area (Å²) in [6, 6.07) is 7.51. The second kappa shape index (κ2) is 4.72. The van der Waals surface area contributed by atoms with Gasteiger partial charge in [0.2, 0.25) is 0 Å². The van der Waals surface area contributed by atoms with Crippen LogP contribution in [0.25, 0.3) is 10.8 Å². The lowest BCUT2D eigenvalue weighted by atomic mass is 9.86. The van der Waals surface area contributed by atoms with E-state index in [9.17, 15) is 14.7 Å². The maximum absolute atomic E-state index is 12.5. The normalized spacial score (nSPS) is 12.6. The minimum Gasteiger partial charge on any atom is -0.480 e. The topological polar surface area (TPSA) is 59.3 Å². The Morgan fingerprint density at radius 3 is 2.24 bits per heavy atom. The number of benzene rings is 1. The number of hydrogen-bond donors (Lipinski definition) is 1. The Bertz CT molecular complexity index is 764. The molecule has 21 heavy (non-hydrogen) atoms. The molecule has 0 radical (unpaired) electrons. The highest BCUT2D eigenvalue weighted by molar-refractivity contribution is 5.83. The average Bonchev–Trinajstić information content (AvgIpc) is 2.37. The molecule has 1 heterocycles. The molecule has 0 spiro atoms. The van der Waals surface area contributed by atoms with Gasteiger partial charge in [-0.15, -0.1) is 0 Å². The van der Waals surface area contributed by atoms with Gasteiger partial charge in [0.05, 0.1) is 0 Å². The number of aromatic nitrogens is 1. The Kier molecular flexibility index (Phi) is 3.44. The fourth-order valence-corrected chi connectivity index (χ4v) is 2.26. The van der Waals surface area contributed by atoms with E-state index >= 15 is 0 Å². The van der Waals surface area contributed by atoms with E-state index in [2.05, 4.69) is 20.8 Å². The van der Waals surface area contributed by atoms with E-state index in [1.165, 1.54) is 18.4 Å². The molecule has 1 N–H and O–H groups in total. The van der Waals surface area contributed by atoms with E-state index in [-0.39, 0.29) is 11.0 Å². The van der Waals surface area contributed by atoms with E-state index in [0.717, 1.165) is 10.9 Å². The molecule has 0 aliphatic carbocycles. The number of pyridine rings is 1. The summed E-state index contributed by atoms with van der Waals surface area (Å²) in [5.74, 6) is -1.03. The molecular formula is C17H21NO3. The molecule has 4 heteroatoms. The molecule has 0 amide bonds. The zero-order valence-electron chi connectivity index (χ0n) is 13.1. The van der Waals surface area contributed by atoms with Gasteiger partial charge in [-0.1, -0.05) is 32.9 Å². The van der Waals surface area contributed by atoms with Gasteiger partial charge in [0.15, 0.2) is 0 Å². The van der Waals surface area contributed by atoms with Crippen LogP contribution in [0.1, 0.15) is 40.2 Å². The molecule has 0 bridgehead atoms. The molecule has 112 valence electrons. The number of rotatable bonds is 2. The number of carboxylic acid groups (broad SMARTS) is 1. The minimum atomic E-state index is -1.27. The van der Waals surface area contributed by atoms with Crippen LogP contribution in [0.5, 0.6) is 0 Å². The van der Waals surface area contributed by atoms with Gasteiger partial charge in [-0.2, -0.15) is 0 Å². The van der Waals surface area contributed by atoms with Crippen molar-refractivity contribution in [3.63, 3.8) is 0 Å². The SMILES string of the molecule is CC(C)(C)c1ccc2c(=O)n(C(C)(C)C(=O)O)ccc2c1. The van der Waals surface area contributed by atoms with Crippen molar-refractivity contribution in [2.45, 2.75) is 45.6 Å². The van der Waals surface area contributed by atoms with Gasteiger partial charge in [-0.05, 0) is 42.3 Å². The summed E-state index contributed by atoms with van der Waals surface area (Å²) in [6.07, 6.45) is 1.56. The van der Waals surface area contributed by atoms with Crippen LogP contribution in [0.15, 0.2) is 35.3 Å². The Morgan fingerprint density at radius 2 is 1.71 bits per heavy atom. The van der Waals surface area contributed by atoms with Crippen molar-refractivity contribution in [3.8, 4) is 0 Å². The lowest BCUT2D eigenvalue weighted by molar-refractivity contribution is -0.145. The van der Waals surface area contributed by atoms with E-state index in [1.54, 1.807) is 18.3 Å². The van der Waals surface area contributed by atoms with Crippen molar-refractivity contribution in [2.24, 2.45) is 0 Å². The molecular weight excluding hydrogens is 266 g/mol. The standard InChI is InChI=1S/C17H21NO3/c1-16(2,3)12-6-7-13-11(10-12)8-9-18(14(13)19)17(4,5)15(20)21/h6-10H,1-5H3,(H,20,21). The van der Waals surface area contributed by atoms with Crippen LogP contribution in [0, 0.1) is 0 Å². The maximum Gasteiger partial charge on any atom is 0.329 e. The number of hydrogen-bond acceptors (Lipinski definition) is 2. The molecule has 2 aromatic rings. The second-order valence-electron chi connectivity index (χ2n) is 6.91. The first-order valence-electron chi connectivity index (χ1n) is 6.95. The number of carboxylic acids is 1. The summed E-state index contributed by atoms with van der Waals surface area (Å²) in [4.78, 5) is 23.9. The predicted octanol–water partition coefficient (Wildman–Crippen LogP) is 3.12. The van der Waals surface area contributed by atoms with Crippen molar-refractivity contribution in [1.29, 1.82) is 0 Å². The molecule has 0 fully saturated rings. The molecule has 1 aromatic heterocycles. The Hall–Kier alpha value is -2.10. The van der Waals surface area contributed by atoms with Crippen molar-refractivity contribution in [3.05, 3.63) is 46.4 Å². The van der Waals surface area contributed by atoms with Gasteiger partial charge in [0.1, 0.15) is 5.54 Å². The molecule has 0 aliphatic rings. The van der Waals surface area contributed by atoms with Crippen molar-refractivity contribution >= 4 is 16.7 Å². The largest absolute Gasteiger partial charge is 0.480 e. The molecule has 1 aromatic carbocycles. The number of fused-ring (bicyclic) bond motifs is 1.